The van der Waals surface area contributed by atoms with Gasteiger partial charge in [0.25, 0.3) is 0 Å². The van der Waals surface area contributed by atoms with Crippen molar-refractivity contribution in [1.29, 1.82) is 0 Å². The van der Waals surface area contributed by atoms with Crippen LogP contribution < -0.4 is 11.1 Å². The van der Waals surface area contributed by atoms with E-state index in [2.05, 4.69) is 10.3 Å². The van der Waals surface area contributed by atoms with Gasteiger partial charge in [-0.3, -0.25) is 0 Å². The Balaban J connectivity index is 2.69. The van der Waals surface area contributed by atoms with Gasteiger partial charge in [-0.05, 0) is 19.1 Å². The van der Waals surface area contributed by atoms with Crippen molar-refractivity contribution in [3.63, 3.8) is 0 Å². The van der Waals surface area contributed by atoms with Gasteiger partial charge in [-0.25, -0.2) is 4.98 Å². The first-order valence-corrected chi connectivity index (χ1v) is 6.84. The Labute approximate surface area is 128 Å². The van der Waals surface area contributed by atoms with Crippen LogP contribution in [0.3, 0.4) is 0 Å². The third-order valence-corrected chi connectivity index (χ3v) is 4.41. The first-order valence-electron chi connectivity index (χ1n) is 6.02. The zero-order valence-electron chi connectivity index (χ0n) is 11.2. The number of nitrogens with two attached hydrogens (primary N) is 1. The highest BCUT2D eigenvalue weighted by Crippen LogP contribution is 2.29. The summed E-state index contributed by atoms with van der Waals surface area (Å²) in [6.45, 7) is 1.82. The fourth-order valence-electron chi connectivity index (χ4n) is 2.01. The molecular weight excluding hydrogens is 290 g/mol. The number of aromatic nitrogens is 1. The van der Waals surface area contributed by atoms with Crippen molar-refractivity contribution in [2.75, 3.05) is 7.05 Å². The molecular formula is C14H15N3OS2. The van der Waals surface area contributed by atoms with E-state index in [0.717, 1.165) is 5.39 Å². The van der Waals surface area contributed by atoms with Crippen molar-refractivity contribution in [2.45, 2.75) is 12.3 Å². The third kappa shape index (κ3) is 2.21. The van der Waals surface area contributed by atoms with Crippen LogP contribution in [0.5, 0.6) is 5.75 Å². The van der Waals surface area contributed by atoms with Crippen LogP contribution in [0, 0.1) is 0 Å². The van der Waals surface area contributed by atoms with Gasteiger partial charge in [-0.2, -0.15) is 0 Å². The minimum atomic E-state index is -0.851. The molecule has 0 aliphatic heterocycles. The van der Waals surface area contributed by atoms with E-state index in [0.29, 0.717) is 16.2 Å². The van der Waals surface area contributed by atoms with Gasteiger partial charge in [-0.15, -0.1) is 0 Å². The van der Waals surface area contributed by atoms with Crippen molar-refractivity contribution in [3.8, 4) is 5.75 Å². The maximum absolute atomic E-state index is 9.92. The lowest BCUT2D eigenvalue weighted by Gasteiger charge is -2.28. The Hall–Kier alpha value is -1.79. The highest BCUT2D eigenvalue weighted by atomic mass is 32.1. The van der Waals surface area contributed by atoms with Crippen LogP contribution >= 0.6 is 24.4 Å². The van der Waals surface area contributed by atoms with Gasteiger partial charge in [0.15, 0.2) is 0 Å². The molecule has 4 nitrogen and oxygen atoms in total. The number of hydrogen-bond acceptors (Lipinski definition) is 4. The molecule has 0 radical (unpaired) electrons. The predicted octanol–water partition coefficient (Wildman–Crippen LogP) is 2.03. The van der Waals surface area contributed by atoms with Gasteiger partial charge in [0.1, 0.15) is 16.7 Å². The molecule has 1 heterocycles. The summed E-state index contributed by atoms with van der Waals surface area (Å²) in [5.74, 6) is 0.116. The third-order valence-electron chi connectivity index (χ3n) is 3.39. The molecule has 0 saturated carbocycles. The maximum Gasteiger partial charge on any atom is 0.141 e. The first-order chi connectivity index (χ1) is 9.41. The number of phenols is 1. The minimum absolute atomic E-state index is 0.116. The number of nitrogens with one attached hydrogen (secondary N) is 1. The van der Waals surface area contributed by atoms with E-state index in [1.807, 2.05) is 25.1 Å². The largest absolute Gasteiger partial charge is 0.506 e. The Kier molecular flexibility index (Phi) is 3.87. The van der Waals surface area contributed by atoms with E-state index in [9.17, 15) is 5.11 Å². The summed E-state index contributed by atoms with van der Waals surface area (Å²) in [6.07, 6.45) is 0. The van der Waals surface area contributed by atoms with Gasteiger partial charge >= 0.3 is 0 Å². The summed E-state index contributed by atoms with van der Waals surface area (Å²) >= 11 is 10.5. The van der Waals surface area contributed by atoms with Crippen molar-refractivity contribution in [1.82, 2.24) is 10.3 Å². The van der Waals surface area contributed by atoms with Crippen molar-refractivity contribution < 1.29 is 5.11 Å². The highest BCUT2D eigenvalue weighted by Gasteiger charge is 2.36. The molecule has 0 fully saturated rings. The molecule has 1 aromatic heterocycles. The van der Waals surface area contributed by atoms with E-state index in [1.54, 1.807) is 19.2 Å². The van der Waals surface area contributed by atoms with Crippen molar-refractivity contribution in [3.05, 3.63) is 36.0 Å². The summed E-state index contributed by atoms with van der Waals surface area (Å²) in [4.78, 5) is 5.22. The molecule has 1 atom stereocenters. The summed E-state index contributed by atoms with van der Waals surface area (Å²) in [5.41, 5.74) is 6.13. The van der Waals surface area contributed by atoms with Crippen LogP contribution in [0.4, 0.5) is 0 Å². The molecule has 4 N–H and O–H groups in total. The first kappa shape index (κ1) is 14.6. The molecule has 2 rings (SSSR count). The van der Waals surface area contributed by atoms with Crippen LogP contribution in [-0.4, -0.2) is 27.1 Å². The molecule has 20 heavy (non-hydrogen) atoms. The number of benzene rings is 1. The summed E-state index contributed by atoms with van der Waals surface area (Å²) in [7, 11) is 1.72. The quantitative estimate of drug-likeness (QED) is 0.754. The summed E-state index contributed by atoms with van der Waals surface area (Å²) in [5, 5.41) is 13.7. The lowest BCUT2D eigenvalue weighted by molar-refractivity contribution is 0.480. The number of fused-ring (bicyclic) bond motifs is 1. The number of likely N-dealkylation sites (N-methyl/N-ethyl adjacent to an activating group) is 1. The normalized spacial score (nSPS) is 13.7. The van der Waals surface area contributed by atoms with Crippen LogP contribution in [0.1, 0.15) is 12.6 Å². The molecule has 104 valence electrons. The smallest absolute Gasteiger partial charge is 0.141 e. The number of aromatic hydroxyl groups is 1. The molecule has 1 unspecified atom stereocenters. The summed E-state index contributed by atoms with van der Waals surface area (Å²) in [6, 6.07) is 8.93. The summed E-state index contributed by atoms with van der Waals surface area (Å²) < 4.78 is 0. The lowest BCUT2D eigenvalue weighted by atomic mass is 9.85. The van der Waals surface area contributed by atoms with Crippen molar-refractivity contribution >= 4 is 45.3 Å². The topological polar surface area (TPSA) is 71.2 Å². The SMILES string of the molecule is CNC(=S)C(C)(C(N)=S)c1ccc2cccc(O)c2n1. The molecule has 0 aliphatic rings. The van der Waals surface area contributed by atoms with E-state index < -0.39 is 5.41 Å². The number of rotatable bonds is 3. The van der Waals surface area contributed by atoms with E-state index in [1.165, 1.54) is 0 Å². The highest BCUT2D eigenvalue weighted by molar-refractivity contribution is 7.82. The molecule has 1 aromatic carbocycles. The zero-order valence-corrected chi connectivity index (χ0v) is 12.8. The predicted molar refractivity (Wildman–Crippen MR) is 89.2 cm³/mol. The second kappa shape index (κ2) is 5.30. The number of phenolic OH excluding ortho intramolecular Hbond substituents is 1. The maximum atomic E-state index is 9.92. The minimum Gasteiger partial charge on any atom is -0.506 e. The molecule has 0 amide bonds. The second-order valence-corrected chi connectivity index (χ2v) is 5.46. The Bertz CT molecular complexity index is 702. The average molecular weight is 305 g/mol. The molecule has 0 spiro atoms. The molecule has 2 aromatic rings. The van der Waals surface area contributed by atoms with Gasteiger partial charge in [0.05, 0.1) is 15.7 Å². The number of para-hydroxylation sites is 1. The fraction of sp³-hybridized carbons (Fsp3) is 0.214. The number of pyridine rings is 1. The van der Waals surface area contributed by atoms with E-state index in [-0.39, 0.29) is 10.7 Å². The Morgan fingerprint density at radius 2 is 2.00 bits per heavy atom. The van der Waals surface area contributed by atoms with Crippen molar-refractivity contribution in [2.24, 2.45) is 5.73 Å². The Morgan fingerprint density at radius 1 is 1.30 bits per heavy atom. The van der Waals surface area contributed by atoms with Crippen LogP contribution in [0.25, 0.3) is 10.9 Å². The van der Waals surface area contributed by atoms with Crippen LogP contribution in [0.2, 0.25) is 0 Å². The zero-order chi connectivity index (χ0) is 14.9. The second-order valence-electron chi connectivity index (χ2n) is 4.61. The average Bonchev–Trinajstić information content (AvgIpc) is 2.45. The molecule has 0 bridgehead atoms. The van der Waals surface area contributed by atoms with E-state index >= 15 is 0 Å². The Morgan fingerprint density at radius 3 is 2.60 bits per heavy atom. The molecule has 0 aliphatic carbocycles. The van der Waals surface area contributed by atoms with Crippen LogP contribution in [0.15, 0.2) is 30.3 Å². The fourth-order valence-corrected chi connectivity index (χ4v) is 2.50. The number of thiocarbonyl (C=S) groups is 2. The molecule has 0 saturated heterocycles. The van der Waals surface area contributed by atoms with Gasteiger partial charge < -0.3 is 16.2 Å². The lowest BCUT2D eigenvalue weighted by Crippen LogP contribution is -2.48. The molecule has 6 heteroatoms. The van der Waals surface area contributed by atoms with Gasteiger partial charge in [0, 0.05) is 12.4 Å². The number of nitrogens with zero attached hydrogens (tertiary/aromatic N) is 1. The number of hydrogen-bond donors (Lipinski definition) is 3. The van der Waals surface area contributed by atoms with E-state index in [4.69, 9.17) is 30.2 Å². The standard InChI is InChI=1S/C14H15N3OS2/c1-14(12(15)19,13(20)16-2)10-7-6-8-4-3-5-9(18)11(8)17-10/h3-7,18H,1-2H3,(H2,15,19)(H,16,20). The van der Waals surface area contributed by atoms with Gasteiger partial charge in [-0.1, -0.05) is 42.6 Å². The van der Waals surface area contributed by atoms with Gasteiger partial charge in [0.2, 0.25) is 0 Å². The monoisotopic (exact) mass is 305 g/mol. The van der Waals surface area contributed by atoms with Crippen LogP contribution in [-0.2, 0) is 5.41 Å².